The molecule has 0 spiro atoms. The minimum absolute atomic E-state index is 0.178. The summed E-state index contributed by atoms with van der Waals surface area (Å²) in [4.78, 5) is 40.0. The average Bonchev–Trinajstić information content (AvgIpc) is 2.93. The standard InChI is InChI=1S/C19H26N4O4/c1-12(24)9-22(8-7-20)10-13-3-2-4-14-15(13)11-23(19(14)27)16-5-6-17(25)21-18(16)26/h2-4,12,16,24H,5-11,20H2,1H3,(H,21,25,26). The van der Waals surface area contributed by atoms with Crippen LogP contribution in [-0.2, 0) is 22.7 Å². The van der Waals surface area contributed by atoms with Crippen LogP contribution in [0, 0.1) is 0 Å². The van der Waals surface area contributed by atoms with Crippen LogP contribution in [0.4, 0.5) is 0 Å². The Morgan fingerprint density at radius 2 is 2.15 bits per heavy atom. The molecule has 1 aromatic rings. The van der Waals surface area contributed by atoms with Gasteiger partial charge < -0.3 is 15.7 Å². The summed E-state index contributed by atoms with van der Waals surface area (Å²) in [5.41, 5.74) is 8.17. The lowest BCUT2D eigenvalue weighted by molar-refractivity contribution is -0.136. The van der Waals surface area contributed by atoms with Crippen molar-refractivity contribution in [3.05, 3.63) is 34.9 Å². The summed E-state index contributed by atoms with van der Waals surface area (Å²) in [7, 11) is 0. The molecule has 1 saturated heterocycles. The SMILES string of the molecule is CC(O)CN(CCN)Cc1cccc2c1CN(C1CCC(=O)NC1=O)C2=O. The highest BCUT2D eigenvalue weighted by atomic mass is 16.3. The van der Waals surface area contributed by atoms with Crippen LogP contribution < -0.4 is 11.1 Å². The summed E-state index contributed by atoms with van der Waals surface area (Å²) in [6.45, 7) is 4.25. The summed E-state index contributed by atoms with van der Waals surface area (Å²) in [6.07, 6.45) is 0.109. The summed E-state index contributed by atoms with van der Waals surface area (Å²) in [6, 6.07) is 4.96. The summed E-state index contributed by atoms with van der Waals surface area (Å²) in [5, 5.41) is 12.0. The van der Waals surface area contributed by atoms with E-state index in [9.17, 15) is 19.5 Å². The Hall–Kier alpha value is -2.29. The molecular formula is C19H26N4O4. The fraction of sp³-hybridized carbons (Fsp3) is 0.526. The van der Waals surface area contributed by atoms with E-state index in [1.807, 2.05) is 12.1 Å². The van der Waals surface area contributed by atoms with E-state index in [2.05, 4.69) is 10.2 Å². The van der Waals surface area contributed by atoms with Crippen molar-refractivity contribution in [1.29, 1.82) is 0 Å². The molecule has 2 aliphatic heterocycles. The van der Waals surface area contributed by atoms with E-state index in [4.69, 9.17) is 5.73 Å². The molecule has 8 nitrogen and oxygen atoms in total. The van der Waals surface area contributed by atoms with E-state index in [1.165, 1.54) is 0 Å². The number of hydrogen-bond acceptors (Lipinski definition) is 6. The maximum Gasteiger partial charge on any atom is 0.255 e. The topological polar surface area (TPSA) is 116 Å². The van der Waals surface area contributed by atoms with Gasteiger partial charge in [-0.1, -0.05) is 12.1 Å². The molecule has 2 unspecified atom stereocenters. The molecule has 2 heterocycles. The molecular weight excluding hydrogens is 348 g/mol. The van der Waals surface area contributed by atoms with E-state index >= 15 is 0 Å². The normalized spacial score (nSPS) is 20.8. The number of piperidine rings is 1. The second-order valence-corrected chi connectivity index (χ2v) is 7.22. The molecule has 3 amide bonds. The lowest BCUT2D eigenvalue weighted by Crippen LogP contribution is -2.52. The Labute approximate surface area is 158 Å². The second-order valence-electron chi connectivity index (χ2n) is 7.22. The molecule has 2 aliphatic rings. The fourth-order valence-electron chi connectivity index (χ4n) is 3.83. The van der Waals surface area contributed by atoms with Crippen molar-refractivity contribution in [2.45, 2.75) is 45.0 Å². The Bertz CT molecular complexity index is 749. The molecule has 4 N–H and O–H groups in total. The van der Waals surface area contributed by atoms with Gasteiger partial charge in [0.15, 0.2) is 0 Å². The monoisotopic (exact) mass is 374 g/mol. The van der Waals surface area contributed by atoms with Gasteiger partial charge in [0.05, 0.1) is 6.10 Å². The molecule has 8 heteroatoms. The first-order valence-electron chi connectivity index (χ1n) is 9.26. The lowest BCUT2D eigenvalue weighted by atomic mass is 10.0. The van der Waals surface area contributed by atoms with Gasteiger partial charge in [-0.15, -0.1) is 0 Å². The molecule has 2 atom stereocenters. The molecule has 0 saturated carbocycles. The lowest BCUT2D eigenvalue weighted by Gasteiger charge is -2.29. The predicted octanol–water partition coefficient (Wildman–Crippen LogP) is -0.411. The van der Waals surface area contributed by atoms with Gasteiger partial charge in [0.25, 0.3) is 5.91 Å². The Kier molecular flexibility index (Phi) is 5.88. The number of hydrogen-bond donors (Lipinski definition) is 3. The molecule has 0 radical (unpaired) electrons. The highest BCUT2D eigenvalue weighted by Gasteiger charge is 2.39. The third-order valence-corrected chi connectivity index (χ3v) is 5.04. The van der Waals surface area contributed by atoms with Gasteiger partial charge >= 0.3 is 0 Å². The summed E-state index contributed by atoms with van der Waals surface area (Å²) in [5.74, 6) is -0.883. The van der Waals surface area contributed by atoms with E-state index in [-0.39, 0.29) is 18.2 Å². The average molecular weight is 374 g/mol. The number of aliphatic hydroxyl groups excluding tert-OH is 1. The number of fused-ring (bicyclic) bond motifs is 1. The van der Waals surface area contributed by atoms with Crippen LogP contribution in [0.2, 0.25) is 0 Å². The van der Waals surface area contributed by atoms with Crippen LogP contribution in [-0.4, -0.2) is 64.4 Å². The van der Waals surface area contributed by atoms with Crippen molar-refractivity contribution in [2.24, 2.45) is 5.73 Å². The smallest absolute Gasteiger partial charge is 0.255 e. The van der Waals surface area contributed by atoms with Crippen molar-refractivity contribution < 1.29 is 19.5 Å². The number of aliphatic hydroxyl groups is 1. The zero-order valence-electron chi connectivity index (χ0n) is 15.5. The van der Waals surface area contributed by atoms with Crippen molar-refractivity contribution in [2.75, 3.05) is 19.6 Å². The van der Waals surface area contributed by atoms with Gasteiger partial charge in [-0.2, -0.15) is 0 Å². The van der Waals surface area contributed by atoms with Crippen molar-refractivity contribution in [3.63, 3.8) is 0 Å². The van der Waals surface area contributed by atoms with Gasteiger partial charge in [0.1, 0.15) is 6.04 Å². The third-order valence-electron chi connectivity index (χ3n) is 5.04. The van der Waals surface area contributed by atoms with Crippen LogP contribution in [0.5, 0.6) is 0 Å². The van der Waals surface area contributed by atoms with E-state index < -0.39 is 18.1 Å². The molecule has 146 valence electrons. The first-order chi connectivity index (χ1) is 12.9. The zero-order valence-corrected chi connectivity index (χ0v) is 15.5. The number of carbonyl (C=O) groups excluding carboxylic acids is 3. The Morgan fingerprint density at radius 1 is 1.37 bits per heavy atom. The first-order valence-corrected chi connectivity index (χ1v) is 9.26. The first kappa shape index (κ1) is 19.5. The minimum atomic E-state index is -0.618. The third kappa shape index (κ3) is 4.18. The maximum atomic E-state index is 12.9. The Morgan fingerprint density at radius 3 is 2.81 bits per heavy atom. The number of imide groups is 1. The molecule has 3 rings (SSSR count). The van der Waals surface area contributed by atoms with Crippen molar-refractivity contribution >= 4 is 17.7 Å². The molecule has 0 bridgehead atoms. The molecule has 27 heavy (non-hydrogen) atoms. The van der Waals surface area contributed by atoms with Crippen LogP contribution >= 0.6 is 0 Å². The van der Waals surface area contributed by atoms with Crippen LogP contribution in [0.1, 0.15) is 41.3 Å². The maximum absolute atomic E-state index is 12.9. The van der Waals surface area contributed by atoms with Crippen LogP contribution in [0.15, 0.2) is 18.2 Å². The minimum Gasteiger partial charge on any atom is -0.392 e. The largest absolute Gasteiger partial charge is 0.392 e. The number of benzene rings is 1. The molecule has 0 aliphatic carbocycles. The number of nitrogens with zero attached hydrogens (tertiary/aromatic N) is 2. The summed E-state index contributed by atoms with van der Waals surface area (Å²) >= 11 is 0. The van der Waals surface area contributed by atoms with Crippen LogP contribution in [0.25, 0.3) is 0 Å². The van der Waals surface area contributed by atoms with Gasteiger partial charge in [-0.05, 0) is 30.5 Å². The number of nitrogens with one attached hydrogen (secondary N) is 1. The number of nitrogens with two attached hydrogens (primary N) is 1. The van der Waals surface area contributed by atoms with E-state index in [0.29, 0.717) is 44.7 Å². The quantitative estimate of drug-likeness (QED) is 0.559. The number of amides is 3. The number of rotatable bonds is 7. The van der Waals surface area contributed by atoms with Gasteiger partial charge in [-0.3, -0.25) is 24.6 Å². The number of carbonyl (C=O) groups is 3. The molecule has 1 fully saturated rings. The molecule has 0 aromatic heterocycles. The fourth-order valence-corrected chi connectivity index (χ4v) is 3.83. The van der Waals surface area contributed by atoms with Crippen molar-refractivity contribution in [3.8, 4) is 0 Å². The van der Waals surface area contributed by atoms with Crippen LogP contribution in [0.3, 0.4) is 0 Å². The summed E-state index contributed by atoms with van der Waals surface area (Å²) < 4.78 is 0. The van der Waals surface area contributed by atoms with Gasteiger partial charge in [-0.25, -0.2) is 0 Å². The predicted molar refractivity (Wildman–Crippen MR) is 98.5 cm³/mol. The highest BCUT2D eigenvalue weighted by molar-refractivity contribution is 6.05. The van der Waals surface area contributed by atoms with E-state index in [1.54, 1.807) is 17.9 Å². The van der Waals surface area contributed by atoms with Gasteiger partial charge in [0, 0.05) is 44.7 Å². The zero-order chi connectivity index (χ0) is 19.6. The van der Waals surface area contributed by atoms with E-state index in [0.717, 1.165) is 11.1 Å². The Balaban J connectivity index is 1.81. The highest BCUT2D eigenvalue weighted by Crippen LogP contribution is 2.30. The second kappa shape index (κ2) is 8.16. The molecule has 1 aromatic carbocycles. The van der Waals surface area contributed by atoms with Gasteiger partial charge in [0.2, 0.25) is 11.8 Å². The van der Waals surface area contributed by atoms with Crippen molar-refractivity contribution in [1.82, 2.24) is 15.1 Å².